The second-order valence-electron chi connectivity index (χ2n) is 6.82. The van der Waals surface area contributed by atoms with Gasteiger partial charge in [-0.1, -0.05) is 24.3 Å². The molecule has 0 spiro atoms. The molecule has 30 heavy (non-hydrogen) atoms. The molecule has 0 atom stereocenters. The second-order valence-corrected chi connectivity index (χ2v) is 6.82. The van der Waals surface area contributed by atoms with Gasteiger partial charge in [-0.2, -0.15) is 0 Å². The minimum absolute atomic E-state index is 0.195. The summed E-state index contributed by atoms with van der Waals surface area (Å²) in [5.74, 6) is 2.49. The van der Waals surface area contributed by atoms with Gasteiger partial charge in [-0.25, -0.2) is 0 Å². The van der Waals surface area contributed by atoms with Crippen LogP contribution in [0.15, 0.2) is 69.5 Å². The van der Waals surface area contributed by atoms with Crippen molar-refractivity contribution in [1.29, 1.82) is 0 Å². The van der Waals surface area contributed by atoms with Gasteiger partial charge in [-0.15, -0.1) is 0 Å². The summed E-state index contributed by atoms with van der Waals surface area (Å²) in [6, 6.07) is 15.0. The minimum Gasteiger partial charge on any atom is -0.462 e. The molecule has 3 rings (SSSR count). The lowest BCUT2D eigenvalue weighted by Crippen LogP contribution is -2.21. The Balaban J connectivity index is 1.41. The molecule has 0 saturated heterocycles. The second kappa shape index (κ2) is 10.1. The number of rotatable bonds is 8. The number of furan rings is 2. The number of carbonyl (C=O) groups excluding carboxylic acids is 2. The first-order valence-corrected chi connectivity index (χ1v) is 9.60. The number of amides is 2. The predicted octanol–water partition coefficient (Wildman–Crippen LogP) is 4.15. The van der Waals surface area contributed by atoms with Crippen molar-refractivity contribution in [2.45, 2.75) is 26.9 Å². The van der Waals surface area contributed by atoms with Crippen molar-refractivity contribution >= 4 is 24.0 Å². The van der Waals surface area contributed by atoms with E-state index in [1.807, 2.05) is 62.4 Å². The molecule has 2 heterocycles. The topological polar surface area (TPSA) is 84.5 Å². The largest absolute Gasteiger partial charge is 0.462 e. The van der Waals surface area contributed by atoms with E-state index in [9.17, 15) is 9.59 Å². The van der Waals surface area contributed by atoms with Gasteiger partial charge in [0.25, 0.3) is 0 Å². The molecule has 1 aromatic carbocycles. The molecule has 2 aromatic heterocycles. The molecule has 0 aliphatic rings. The van der Waals surface area contributed by atoms with Crippen LogP contribution in [0.4, 0.5) is 0 Å². The Morgan fingerprint density at radius 2 is 1.10 bits per heavy atom. The van der Waals surface area contributed by atoms with Gasteiger partial charge >= 0.3 is 0 Å². The number of hydrogen-bond donors (Lipinski definition) is 2. The lowest BCUT2D eigenvalue weighted by molar-refractivity contribution is -0.117. The Morgan fingerprint density at radius 1 is 0.700 bits per heavy atom. The monoisotopic (exact) mass is 404 g/mol. The Kier molecular flexibility index (Phi) is 7.05. The Labute approximate surface area is 175 Å². The molecule has 6 heteroatoms. The van der Waals surface area contributed by atoms with Gasteiger partial charge in [0.2, 0.25) is 11.8 Å². The van der Waals surface area contributed by atoms with Crippen LogP contribution >= 0.6 is 0 Å². The summed E-state index contributed by atoms with van der Waals surface area (Å²) < 4.78 is 10.8. The van der Waals surface area contributed by atoms with E-state index in [0.717, 1.165) is 22.6 Å². The lowest BCUT2D eigenvalue weighted by atomic mass is 10.1. The molecule has 3 aromatic rings. The normalized spacial score (nSPS) is 11.3. The fraction of sp³-hybridized carbons (Fsp3) is 0.167. The first-order chi connectivity index (χ1) is 14.5. The quantitative estimate of drug-likeness (QED) is 0.553. The summed E-state index contributed by atoms with van der Waals surface area (Å²) in [5.41, 5.74) is 1.93. The van der Waals surface area contributed by atoms with E-state index in [-0.39, 0.29) is 11.8 Å². The smallest absolute Gasteiger partial charge is 0.244 e. The summed E-state index contributed by atoms with van der Waals surface area (Å²) in [7, 11) is 0. The lowest BCUT2D eigenvalue weighted by Gasteiger charge is -2.06. The number of hydrogen-bond acceptors (Lipinski definition) is 4. The molecule has 0 aliphatic carbocycles. The van der Waals surface area contributed by atoms with Crippen molar-refractivity contribution in [3.05, 3.63) is 94.9 Å². The molecule has 0 radical (unpaired) electrons. The third kappa shape index (κ3) is 6.67. The van der Waals surface area contributed by atoms with Crippen molar-refractivity contribution in [1.82, 2.24) is 10.6 Å². The van der Waals surface area contributed by atoms with Gasteiger partial charge in [0.15, 0.2) is 0 Å². The van der Waals surface area contributed by atoms with E-state index in [0.29, 0.717) is 24.6 Å². The molecule has 6 nitrogen and oxygen atoms in total. The van der Waals surface area contributed by atoms with E-state index in [4.69, 9.17) is 8.83 Å². The zero-order chi connectivity index (χ0) is 21.3. The summed E-state index contributed by atoms with van der Waals surface area (Å²) in [5, 5.41) is 5.65. The average molecular weight is 404 g/mol. The standard InChI is InChI=1S/C24H24N2O4/c1-17-3-9-21(29-17)11-13-23(27)25-15-19-5-7-20(8-6-19)16-26-24(28)14-12-22-10-4-18(2)30-22/h3-14H,15-16H2,1-2H3,(H,25,27)(H,26,28)/b13-11+,14-12+. The van der Waals surface area contributed by atoms with Crippen LogP contribution in [0.2, 0.25) is 0 Å². The summed E-state index contributed by atoms with van der Waals surface area (Å²) in [4.78, 5) is 23.8. The van der Waals surface area contributed by atoms with E-state index < -0.39 is 0 Å². The van der Waals surface area contributed by atoms with Crippen molar-refractivity contribution in [2.24, 2.45) is 0 Å². The van der Waals surface area contributed by atoms with E-state index in [1.54, 1.807) is 12.2 Å². The molecule has 2 N–H and O–H groups in total. The third-order valence-corrected chi connectivity index (χ3v) is 4.28. The minimum atomic E-state index is -0.195. The molecule has 0 unspecified atom stereocenters. The van der Waals surface area contributed by atoms with Gasteiger partial charge in [0, 0.05) is 25.2 Å². The fourth-order valence-electron chi connectivity index (χ4n) is 2.67. The van der Waals surface area contributed by atoms with Crippen molar-refractivity contribution in [2.75, 3.05) is 0 Å². The highest BCUT2D eigenvalue weighted by atomic mass is 16.3. The van der Waals surface area contributed by atoms with E-state index in [2.05, 4.69) is 10.6 Å². The number of aryl methyl sites for hydroxylation is 2. The van der Waals surface area contributed by atoms with Gasteiger partial charge in [0.1, 0.15) is 23.0 Å². The Bertz CT molecular complexity index is 970. The van der Waals surface area contributed by atoms with Crippen LogP contribution < -0.4 is 10.6 Å². The van der Waals surface area contributed by atoms with Crippen LogP contribution in [0.1, 0.15) is 34.2 Å². The van der Waals surface area contributed by atoms with Crippen LogP contribution in [-0.4, -0.2) is 11.8 Å². The zero-order valence-electron chi connectivity index (χ0n) is 17.0. The maximum Gasteiger partial charge on any atom is 0.244 e. The van der Waals surface area contributed by atoms with Crippen LogP contribution in [-0.2, 0) is 22.7 Å². The first-order valence-electron chi connectivity index (χ1n) is 9.60. The number of benzene rings is 1. The summed E-state index contributed by atoms with van der Waals surface area (Å²) in [6.45, 7) is 4.53. The molecular formula is C24H24N2O4. The molecule has 0 aliphatic heterocycles. The first kappa shape index (κ1) is 20.9. The van der Waals surface area contributed by atoms with Gasteiger partial charge < -0.3 is 19.5 Å². The zero-order valence-corrected chi connectivity index (χ0v) is 17.0. The van der Waals surface area contributed by atoms with Crippen molar-refractivity contribution in [3.63, 3.8) is 0 Å². The SMILES string of the molecule is Cc1ccc(/C=C/C(=O)NCc2ccc(CNC(=O)/C=C/c3ccc(C)o3)cc2)o1. The van der Waals surface area contributed by atoms with Crippen LogP contribution in [0.25, 0.3) is 12.2 Å². The van der Waals surface area contributed by atoms with Gasteiger partial charge in [0.05, 0.1) is 0 Å². The molecular weight excluding hydrogens is 380 g/mol. The van der Waals surface area contributed by atoms with Crippen LogP contribution in [0, 0.1) is 13.8 Å². The van der Waals surface area contributed by atoms with Crippen molar-refractivity contribution in [3.8, 4) is 0 Å². The molecule has 0 bridgehead atoms. The van der Waals surface area contributed by atoms with Crippen LogP contribution in [0.3, 0.4) is 0 Å². The predicted molar refractivity (Wildman–Crippen MR) is 115 cm³/mol. The third-order valence-electron chi connectivity index (χ3n) is 4.28. The highest BCUT2D eigenvalue weighted by Crippen LogP contribution is 2.09. The highest BCUT2D eigenvalue weighted by molar-refractivity contribution is 5.91. The Morgan fingerprint density at radius 3 is 1.43 bits per heavy atom. The highest BCUT2D eigenvalue weighted by Gasteiger charge is 2.01. The Hall–Kier alpha value is -3.80. The summed E-state index contributed by atoms with van der Waals surface area (Å²) in [6.07, 6.45) is 6.16. The van der Waals surface area contributed by atoms with Gasteiger partial charge in [-0.3, -0.25) is 9.59 Å². The maximum atomic E-state index is 11.9. The van der Waals surface area contributed by atoms with Crippen molar-refractivity contribution < 1.29 is 18.4 Å². The molecule has 154 valence electrons. The molecule has 0 fully saturated rings. The fourth-order valence-corrected chi connectivity index (χ4v) is 2.67. The van der Waals surface area contributed by atoms with Crippen LogP contribution in [0.5, 0.6) is 0 Å². The van der Waals surface area contributed by atoms with E-state index in [1.165, 1.54) is 12.2 Å². The summed E-state index contributed by atoms with van der Waals surface area (Å²) >= 11 is 0. The maximum absolute atomic E-state index is 11.9. The molecule has 0 saturated carbocycles. The number of nitrogens with one attached hydrogen (secondary N) is 2. The number of carbonyl (C=O) groups is 2. The molecule has 2 amide bonds. The van der Waals surface area contributed by atoms with Gasteiger partial charge in [-0.05, 0) is 61.4 Å². The van der Waals surface area contributed by atoms with E-state index >= 15 is 0 Å². The average Bonchev–Trinajstić information content (AvgIpc) is 3.36.